The third-order valence-electron chi connectivity index (χ3n) is 3.16. The molecule has 0 aliphatic heterocycles. The van der Waals surface area contributed by atoms with Gasteiger partial charge in [0.2, 0.25) is 0 Å². The average Bonchev–Trinajstić information content (AvgIpc) is 2.78. The van der Waals surface area contributed by atoms with Gasteiger partial charge in [0, 0.05) is 17.8 Å². The zero-order valence-electron chi connectivity index (χ0n) is 11.1. The van der Waals surface area contributed by atoms with Crippen LogP contribution in [0.2, 0.25) is 0 Å². The molecule has 2 atom stereocenters. The van der Waals surface area contributed by atoms with Gasteiger partial charge in [-0.05, 0) is 25.5 Å². The SMILES string of the molecule is CCNc1cncc(NC2CCCC2SCC)n1. The molecule has 1 heterocycles. The van der Waals surface area contributed by atoms with Gasteiger partial charge in [-0.1, -0.05) is 13.3 Å². The van der Waals surface area contributed by atoms with Gasteiger partial charge in [-0.3, -0.25) is 4.98 Å². The van der Waals surface area contributed by atoms with Crippen LogP contribution in [0.3, 0.4) is 0 Å². The van der Waals surface area contributed by atoms with Crippen LogP contribution in [-0.4, -0.2) is 33.6 Å². The van der Waals surface area contributed by atoms with Crippen LogP contribution in [0.1, 0.15) is 33.1 Å². The Morgan fingerprint density at radius 1 is 1.28 bits per heavy atom. The van der Waals surface area contributed by atoms with Gasteiger partial charge >= 0.3 is 0 Å². The standard InChI is InChI=1S/C13H22N4S/c1-3-15-12-8-14-9-13(17-12)16-10-6-5-7-11(10)18-4-2/h8-11H,3-7H2,1-2H3,(H2,15,16,17). The van der Waals surface area contributed by atoms with Gasteiger partial charge < -0.3 is 10.6 Å². The maximum absolute atomic E-state index is 4.53. The first-order valence-corrected chi connectivity index (χ1v) is 7.82. The quantitative estimate of drug-likeness (QED) is 0.829. The van der Waals surface area contributed by atoms with E-state index in [4.69, 9.17) is 0 Å². The van der Waals surface area contributed by atoms with E-state index in [1.54, 1.807) is 6.20 Å². The molecule has 4 nitrogen and oxygen atoms in total. The van der Waals surface area contributed by atoms with Crippen LogP contribution in [0.15, 0.2) is 12.4 Å². The zero-order chi connectivity index (χ0) is 12.8. The van der Waals surface area contributed by atoms with Gasteiger partial charge in [0.25, 0.3) is 0 Å². The molecular weight excluding hydrogens is 244 g/mol. The van der Waals surface area contributed by atoms with Crippen molar-refractivity contribution in [3.05, 3.63) is 12.4 Å². The number of nitrogens with one attached hydrogen (secondary N) is 2. The lowest BCUT2D eigenvalue weighted by Crippen LogP contribution is -2.26. The molecule has 0 radical (unpaired) electrons. The summed E-state index contributed by atoms with van der Waals surface area (Å²) in [6.45, 7) is 5.16. The van der Waals surface area contributed by atoms with E-state index < -0.39 is 0 Å². The molecule has 1 aliphatic carbocycles. The smallest absolute Gasteiger partial charge is 0.147 e. The molecule has 1 aromatic heterocycles. The molecule has 2 rings (SSSR count). The molecule has 100 valence electrons. The van der Waals surface area contributed by atoms with Crippen LogP contribution in [0.4, 0.5) is 11.6 Å². The topological polar surface area (TPSA) is 49.8 Å². The molecule has 2 N–H and O–H groups in total. The Morgan fingerprint density at radius 2 is 2.11 bits per heavy atom. The van der Waals surface area contributed by atoms with Crippen LogP contribution in [0, 0.1) is 0 Å². The molecule has 0 aromatic carbocycles. The normalized spacial score (nSPS) is 23.0. The summed E-state index contributed by atoms with van der Waals surface area (Å²) in [5.74, 6) is 2.92. The van der Waals surface area contributed by atoms with Crippen molar-refractivity contribution in [3.63, 3.8) is 0 Å². The predicted molar refractivity (Wildman–Crippen MR) is 79.4 cm³/mol. The summed E-state index contributed by atoms with van der Waals surface area (Å²) in [5.41, 5.74) is 0. The van der Waals surface area contributed by atoms with Crippen LogP contribution in [0.5, 0.6) is 0 Å². The predicted octanol–water partition coefficient (Wildman–Crippen LogP) is 2.99. The molecule has 1 aromatic rings. The van der Waals surface area contributed by atoms with Crippen LogP contribution in [0.25, 0.3) is 0 Å². The first kappa shape index (κ1) is 13.5. The van der Waals surface area contributed by atoms with E-state index in [0.717, 1.165) is 23.4 Å². The fraction of sp³-hybridized carbons (Fsp3) is 0.692. The molecule has 1 aliphatic rings. The molecular formula is C13H22N4S. The van der Waals surface area contributed by atoms with Crippen molar-refractivity contribution in [3.8, 4) is 0 Å². The summed E-state index contributed by atoms with van der Waals surface area (Å²) < 4.78 is 0. The molecule has 0 bridgehead atoms. The highest BCUT2D eigenvalue weighted by Gasteiger charge is 2.27. The lowest BCUT2D eigenvalue weighted by Gasteiger charge is -2.20. The van der Waals surface area contributed by atoms with Crippen molar-refractivity contribution in [2.45, 2.75) is 44.4 Å². The Bertz CT molecular complexity index is 372. The molecule has 18 heavy (non-hydrogen) atoms. The van der Waals surface area contributed by atoms with Crippen LogP contribution in [-0.2, 0) is 0 Å². The number of aromatic nitrogens is 2. The zero-order valence-corrected chi connectivity index (χ0v) is 12.0. The fourth-order valence-electron chi connectivity index (χ4n) is 2.40. The van der Waals surface area contributed by atoms with E-state index in [1.807, 2.05) is 6.20 Å². The lowest BCUT2D eigenvalue weighted by molar-refractivity contribution is 0.761. The number of rotatable bonds is 6. The van der Waals surface area contributed by atoms with Crippen molar-refractivity contribution >= 4 is 23.4 Å². The lowest BCUT2D eigenvalue weighted by atomic mass is 10.2. The van der Waals surface area contributed by atoms with E-state index in [0.29, 0.717) is 6.04 Å². The highest BCUT2D eigenvalue weighted by molar-refractivity contribution is 7.99. The maximum Gasteiger partial charge on any atom is 0.147 e. The van der Waals surface area contributed by atoms with Crippen LogP contribution >= 0.6 is 11.8 Å². The summed E-state index contributed by atoms with van der Waals surface area (Å²) in [6.07, 6.45) is 7.45. The third kappa shape index (κ3) is 3.51. The van der Waals surface area contributed by atoms with E-state index in [-0.39, 0.29) is 0 Å². The molecule has 0 saturated heterocycles. The van der Waals surface area contributed by atoms with Crippen molar-refractivity contribution in [2.75, 3.05) is 22.9 Å². The minimum atomic E-state index is 0.543. The molecule has 1 saturated carbocycles. The third-order valence-corrected chi connectivity index (χ3v) is 4.48. The molecule has 2 unspecified atom stereocenters. The Morgan fingerprint density at radius 3 is 2.89 bits per heavy atom. The fourth-order valence-corrected chi connectivity index (χ4v) is 3.59. The van der Waals surface area contributed by atoms with Crippen molar-refractivity contribution < 1.29 is 0 Å². The van der Waals surface area contributed by atoms with Gasteiger partial charge in [0.15, 0.2) is 0 Å². The van der Waals surface area contributed by atoms with Crippen LogP contribution < -0.4 is 10.6 Å². The second-order valence-corrected chi connectivity index (χ2v) is 6.01. The Balaban J connectivity index is 1.97. The maximum atomic E-state index is 4.53. The summed E-state index contributed by atoms with van der Waals surface area (Å²) in [7, 11) is 0. The number of hydrogen-bond donors (Lipinski definition) is 2. The number of nitrogens with zero attached hydrogens (tertiary/aromatic N) is 2. The van der Waals surface area contributed by atoms with Crippen molar-refractivity contribution in [2.24, 2.45) is 0 Å². The Labute approximate surface area is 113 Å². The second kappa shape index (κ2) is 6.83. The number of thioether (sulfide) groups is 1. The molecule has 5 heteroatoms. The molecule has 1 fully saturated rings. The van der Waals surface area contributed by atoms with E-state index in [9.17, 15) is 0 Å². The summed E-state index contributed by atoms with van der Waals surface area (Å²) >= 11 is 2.05. The van der Waals surface area contributed by atoms with E-state index in [2.05, 4.69) is 46.2 Å². The largest absolute Gasteiger partial charge is 0.369 e. The Hall–Kier alpha value is -0.970. The summed E-state index contributed by atoms with van der Waals surface area (Å²) in [5, 5.41) is 7.45. The second-order valence-electron chi connectivity index (χ2n) is 4.50. The molecule has 0 spiro atoms. The minimum absolute atomic E-state index is 0.543. The highest BCUT2D eigenvalue weighted by Crippen LogP contribution is 2.31. The van der Waals surface area contributed by atoms with Gasteiger partial charge in [-0.15, -0.1) is 0 Å². The average molecular weight is 266 g/mol. The Kier molecular flexibility index (Phi) is 5.11. The molecule has 0 amide bonds. The van der Waals surface area contributed by atoms with Gasteiger partial charge in [-0.25, -0.2) is 4.98 Å². The first-order chi connectivity index (χ1) is 8.83. The summed E-state index contributed by atoms with van der Waals surface area (Å²) in [6, 6.07) is 0.543. The summed E-state index contributed by atoms with van der Waals surface area (Å²) in [4.78, 5) is 8.75. The van der Waals surface area contributed by atoms with Crippen molar-refractivity contribution in [1.29, 1.82) is 0 Å². The van der Waals surface area contributed by atoms with Gasteiger partial charge in [0.05, 0.1) is 12.4 Å². The first-order valence-electron chi connectivity index (χ1n) is 6.77. The van der Waals surface area contributed by atoms with Crippen molar-refractivity contribution in [1.82, 2.24) is 9.97 Å². The highest BCUT2D eigenvalue weighted by atomic mass is 32.2. The minimum Gasteiger partial charge on any atom is -0.369 e. The number of anilines is 2. The van der Waals surface area contributed by atoms with Gasteiger partial charge in [0.1, 0.15) is 11.6 Å². The number of hydrogen-bond acceptors (Lipinski definition) is 5. The van der Waals surface area contributed by atoms with E-state index in [1.165, 1.54) is 25.0 Å². The van der Waals surface area contributed by atoms with E-state index >= 15 is 0 Å². The van der Waals surface area contributed by atoms with Gasteiger partial charge in [-0.2, -0.15) is 11.8 Å². The monoisotopic (exact) mass is 266 g/mol.